The van der Waals surface area contributed by atoms with Gasteiger partial charge in [-0.3, -0.25) is 0 Å². The van der Waals surface area contributed by atoms with Gasteiger partial charge in [0.15, 0.2) is 6.07 Å². The van der Waals surface area contributed by atoms with E-state index in [4.69, 9.17) is 9.68 Å². The summed E-state index contributed by atoms with van der Waals surface area (Å²) in [6.45, 7) is 6.68. The van der Waals surface area contributed by atoms with Crippen LogP contribution >= 0.6 is 0 Å². The summed E-state index contributed by atoms with van der Waals surface area (Å²) in [6, 6.07) is 1.94. The zero-order chi connectivity index (χ0) is 16.3. The van der Waals surface area contributed by atoms with Crippen LogP contribution < -0.4 is 0 Å². The second kappa shape index (κ2) is 10.4. The normalized spacial score (nSPS) is 13.7. The fourth-order valence-corrected chi connectivity index (χ4v) is 2.91. The van der Waals surface area contributed by atoms with Crippen LogP contribution in [0.3, 0.4) is 0 Å². The van der Waals surface area contributed by atoms with Gasteiger partial charge in [0, 0.05) is 5.41 Å². The largest absolute Gasteiger partial charge is 0.412 e. The maximum atomic E-state index is 8.89. The van der Waals surface area contributed by atoms with Crippen LogP contribution in [0.4, 0.5) is 0 Å². The first-order valence-corrected chi connectivity index (χ1v) is 8.90. The number of nitrogens with zero attached hydrogens (tertiary/aromatic N) is 3. The van der Waals surface area contributed by atoms with E-state index in [0.29, 0.717) is 5.89 Å². The fraction of sp³-hybridized carbons (Fsp3) is 0.833. The molecule has 0 amide bonds. The summed E-state index contributed by atoms with van der Waals surface area (Å²) in [4.78, 5) is 0. The van der Waals surface area contributed by atoms with Crippen LogP contribution in [0.15, 0.2) is 4.42 Å². The van der Waals surface area contributed by atoms with Crippen molar-refractivity contribution in [2.75, 3.05) is 0 Å². The molecule has 1 atom stereocenters. The van der Waals surface area contributed by atoms with Crippen molar-refractivity contribution < 1.29 is 4.42 Å². The van der Waals surface area contributed by atoms with Crippen LogP contribution in [-0.4, -0.2) is 10.2 Å². The van der Waals surface area contributed by atoms with Gasteiger partial charge in [0.1, 0.15) is 0 Å². The predicted molar refractivity (Wildman–Crippen MR) is 88.5 cm³/mol. The van der Waals surface area contributed by atoms with Gasteiger partial charge >= 0.3 is 5.89 Å². The summed E-state index contributed by atoms with van der Waals surface area (Å²) in [6.07, 6.45) is 13.4. The Bertz CT molecular complexity index is 449. The van der Waals surface area contributed by atoms with E-state index in [-0.39, 0.29) is 11.3 Å². The zero-order valence-corrected chi connectivity index (χ0v) is 14.5. The summed E-state index contributed by atoms with van der Waals surface area (Å²) in [7, 11) is 0. The Balaban J connectivity index is 2.60. The molecule has 0 spiro atoms. The SMILES string of the molecule is CCCCCCCC(C)(CCCCCC)c1nnc(C#N)o1. The van der Waals surface area contributed by atoms with Crippen molar-refractivity contribution in [1.29, 1.82) is 5.26 Å². The summed E-state index contributed by atoms with van der Waals surface area (Å²) in [5.41, 5.74) is -0.0813. The molecule has 0 N–H and O–H groups in total. The number of aromatic nitrogens is 2. The number of unbranched alkanes of at least 4 members (excludes halogenated alkanes) is 7. The van der Waals surface area contributed by atoms with Gasteiger partial charge in [0.05, 0.1) is 0 Å². The van der Waals surface area contributed by atoms with Gasteiger partial charge in [-0.15, -0.1) is 5.10 Å². The predicted octanol–water partition coefficient (Wildman–Crippen LogP) is 5.53. The van der Waals surface area contributed by atoms with E-state index >= 15 is 0 Å². The average molecular weight is 305 g/mol. The third kappa shape index (κ3) is 6.17. The highest BCUT2D eigenvalue weighted by Crippen LogP contribution is 2.34. The number of hydrogen-bond donors (Lipinski definition) is 0. The second-order valence-corrected chi connectivity index (χ2v) is 6.56. The van der Waals surface area contributed by atoms with Crippen molar-refractivity contribution in [2.24, 2.45) is 0 Å². The van der Waals surface area contributed by atoms with Crippen molar-refractivity contribution in [3.05, 3.63) is 11.8 Å². The topological polar surface area (TPSA) is 62.7 Å². The summed E-state index contributed by atoms with van der Waals surface area (Å²) < 4.78 is 5.55. The minimum atomic E-state index is -0.0813. The lowest BCUT2D eigenvalue weighted by atomic mass is 9.79. The lowest BCUT2D eigenvalue weighted by Gasteiger charge is -2.25. The molecule has 0 aliphatic rings. The molecule has 124 valence electrons. The van der Waals surface area contributed by atoms with Gasteiger partial charge in [-0.25, -0.2) is 0 Å². The molecular weight excluding hydrogens is 274 g/mol. The van der Waals surface area contributed by atoms with Crippen LogP contribution in [0, 0.1) is 11.3 Å². The standard InChI is InChI=1S/C18H31N3O/c1-4-6-8-10-12-14-18(3,13-11-9-7-5-2)17-21-20-16(15-19)22-17/h4-14H2,1-3H3. The van der Waals surface area contributed by atoms with E-state index in [1.807, 2.05) is 6.07 Å². The van der Waals surface area contributed by atoms with E-state index in [0.717, 1.165) is 12.8 Å². The lowest BCUT2D eigenvalue weighted by Crippen LogP contribution is -2.22. The van der Waals surface area contributed by atoms with Gasteiger partial charge in [-0.1, -0.05) is 83.7 Å². The maximum Gasteiger partial charge on any atom is 0.321 e. The third-order valence-electron chi connectivity index (χ3n) is 4.45. The monoisotopic (exact) mass is 305 g/mol. The van der Waals surface area contributed by atoms with Crippen LogP contribution in [0.25, 0.3) is 0 Å². The minimum Gasteiger partial charge on any atom is -0.412 e. The lowest BCUT2D eigenvalue weighted by molar-refractivity contribution is 0.285. The Morgan fingerprint density at radius 3 is 1.95 bits per heavy atom. The van der Waals surface area contributed by atoms with Gasteiger partial charge in [-0.2, -0.15) is 5.26 Å². The van der Waals surface area contributed by atoms with Crippen LogP contribution in [0.2, 0.25) is 0 Å². The van der Waals surface area contributed by atoms with Crippen LogP contribution in [0.5, 0.6) is 0 Å². The number of nitriles is 1. The van der Waals surface area contributed by atoms with Crippen LogP contribution in [0.1, 0.15) is 103 Å². The molecule has 1 heterocycles. The molecule has 1 unspecified atom stereocenters. The molecule has 0 saturated heterocycles. The van der Waals surface area contributed by atoms with Crippen molar-refractivity contribution in [3.8, 4) is 6.07 Å². The quantitative estimate of drug-likeness (QED) is 0.476. The smallest absolute Gasteiger partial charge is 0.321 e. The van der Waals surface area contributed by atoms with E-state index in [1.165, 1.54) is 57.8 Å². The molecule has 4 nitrogen and oxygen atoms in total. The highest BCUT2D eigenvalue weighted by atomic mass is 16.4. The molecule has 0 bridgehead atoms. The summed E-state index contributed by atoms with van der Waals surface area (Å²) in [5.74, 6) is 0.733. The molecule has 0 radical (unpaired) electrons. The average Bonchev–Trinajstić information content (AvgIpc) is 3.01. The Morgan fingerprint density at radius 2 is 1.45 bits per heavy atom. The number of hydrogen-bond acceptors (Lipinski definition) is 4. The van der Waals surface area contributed by atoms with Gasteiger partial charge in [0.25, 0.3) is 0 Å². The maximum absolute atomic E-state index is 8.89. The molecule has 0 saturated carbocycles. The first-order valence-electron chi connectivity index (χ1n) is 8.90. The molecule has 0 aliphatic heterocycles. The molecule has 1 aromatic heterocycles. The fourth-order valence-electron chi connectivity index (χ4n) is 2.91. The number of rotatable bonds is 12. The Kier molecular flexibility index (Phi) is 8.81. The molecule has 0 aliphatic carbocycles. The molecular formula is C18H31N3O. The van der Waals surface area contributed by atoms with Crippen molar-refractivity contribution >= 4 is 0 Å². The third-order valence-corrected chi connectivity index (χ3v) is 4.45. The highest BCUT2D eigenvalue weighted by Gasteiger charge is 2.31. The van der Waals surface area contributed by atoms with Crippen LogP contribution in [-0.2, 0) is 5.41 Å². The zero-order valence-electron chi connectivity index (χ0n) is 14.5. The first-order chi connectivity index (χ1) is 10.7. The van der Waals surface area contributed by atoms with Gasteiger partial charge in [0.2, 0.25) is 5.89 Å². The van der Waals surface area contributed by atoms with Gasteiger partial charge in [-0.05, 0) is 12.8 Å². The second-order valence-electron chi connectivity index (χ2n) is 6.56. The van der Waals surface area contributed by atoms with E-state index in [2.05, 4.69) is 31.0 Å². The molecule has 0 fully saturated rings. The first kappa shape index (κ1) is 18.7. The van der Waals surface area contributed by atoms with Crippen molar-refractivity contribution in [2.45, 2.75) is 96.8 Å². The summed E-state index contributed by atoms with van der Waals surface area (Å²) in [5, 5.41) is 16.8. The Labute approximate surface area is 135 Å². The van der Waals surface area contributed by atoms with Crippen molar-refractivity contribution in [1.82, 2.24) is 10.2 Å². The Morgan fingerprint density at radius 1 is 0.909 bits per heavy atom. The molecule has 1 rings (SSSR count). The molecule has 0 aromatic carbocycles. The van der Waals surface area contributed by atoms with E-state index in [9.17, 15) is 0 Å². The summed E-state index contributed by atoms with van der Waals surface area (Å²) >= 11 is 0. The van der Waals surface area contributed by atoms with E-state index in [1.54, 1.807) is 0 Å². The minimum absolute atomic E-state index is 0.0813. The van der Waals surface area contributed by atoms with Crippen molar-refractivity contribution in [3.63, 3.8) is 0 Å². The van der Waals surface area contributed by atoms with Gasteiger partial charge < -0.3 is 4.42 Å². The van der Waals surface area contributed by atoms with E-state index < -0.39 is 0 Å². The molecule has 22 heavy (non-hydrogen) atoms. The highest BCUT2D eigenvalue weighted by molar-refractivity contribution is 5.08. The molecule has 1 aromatic rings. The Hall–Kier alpha value is -1.37. The molecule has 4 heteroatoms.